The molecule has 1 aliphatic heterocycles. The molecule has 246 valence electrons. The predicted molar refractivity (Wildman–Crippen MR) is 171 cm³/mol. The number of hydrogen-bond acceptors (Lipinski definition) is 7. The first-order chi connectivity index (χ1) is 23.7. The summed E-state index contributed by atoms with van der Waals surface area (Å²) in [6.07, 6.45) is 5.46. The van der Waals surface area contributed by atoms with Crippen LogP contribution in [0.4, 0.5) is 13.2 Å². The molecule has 1 aliphatic rings. The Morgan fingerprint density at radius 2 is 1.86 bits per heavy atom. The first-order valence-corrected chi connectivity index (χ1v) is 15.3. The topological polar surface area (TPSA) is 117 Å². The summed E-state index contributed by atoms with van der Waals surface area (Å²) in [4.78, 5) is 24.6. The largest absolute Gasteiger partial charge is 0.478 e. The number of carboxylic acids is 1. The van der Waals surface area contributed by atoms with E-state index in [2.05, 4.69) is 31.9 Å². The number of benzene rings is 2. The van der Waals surface area contributed by atoms with Crippen LogP contribution in [0.1, 0.15) is 45.0 Å². The maximum Gasteiger partial charge on any atom is 0.335 e. The van der Waals surface area contributed by atoms with Gasteiger partial charge in [-0.05, 0) is 54.4 Å². The van der Waals surface area contributed by atoms with Crippen LogP contribution in [0.15, 0.2) is 73.2 Å². The molecule has 0 spiro atoms. The summed E-state index contributed by atoms with van der Waals surface area (Å²) in [5.74, 6) is 3.16. The van der Waals surface area contributed by atoms with Crippen molar-refractivity contribution in [1.29, 1.82) is 0 Å². The van der Waals surface area contributed by atoms with Gasteiger partial charge in [0.15, 0.2) is 0 Å². The van der Waals surface area contributed by atoms with Crippen molar-refractivity contribution in [3.8, 4) is 29.0 Å². The Kier molecular flexibility index (Phi) is 8.54. The number of aryl methyl sites for hydroxylation is 1. The van der Waals surface area contributed by atoms with Crippen LogP contribution < -0.4 is 4.74 Å². The SMILES string of the molecule is Cn1cc(C#Cc2cnc(COc3cccc(-c4cc(F)c(Cc5nc6ccc(C(=O)O)cc6n5C[C@@H]5CCO5)cc4F)n3)c(F)c2)cn1. The number of hydrogen-bond donors (Lipinski definition) is 1. The molecule has 0 unspecified atom stereocenters. The Balaban J connectivity index is 1.08. The fourth-order valence-electron chi connectivity index (χ4n) is 5.43. The molecule has 0 amide bonds. The van der Waals surface area contributed by atoms with Crippen molar-refractivity contribution in [2.75, 3.05) is 6.61 Å². The third-order valence-corrected chi connectivity index (χ3v) is 8.07. The number of pyridine rings is 2. The number of halogens is 3. The molecule has 49 heavy (non-hydrogen) atoms. The van der Waals surface area contributed by atoms with Gasteiger partial charge in [0, 0.05) is 49.7 Å². The Hall–Kier alpha value is -6.00. The lowest BCUT2D eigenvalue weighted by Gasteiger charge is -2.27. The summed E-state index contributed by atoms with van der Waals surface area (Å²) >= 11 is 0. The van der Waals surface area contributed by atoms with Gasteiger partial charge in [-0.3, -0.25) is 9.67 Å². The van der Waals surface area contributed by atoms with E-state index in [1.807, 2.05) is 0 Å². The van der Waals surface area contributed by atoms with Crippen molar-refractivity contribution < 1.29 is 32.5 Å². The Morgan fingerprint density at radius 3 is 2.59 bits per heavy atom. The molecular weight excluding hydrogens is 637 g/mol. The van der Waals surface area contributed by atoms with Gasteiger partial charge < -0.3 is 19.1 Å². The van der Waals surface area contributed by atoms with Gasteiger partial charge >= 0.3 is 5.97 Å². The number of carboxylic acid groups (broad SMARTS) is 1. The lowest BCUT2D eigenvalue weighted by molar-refractivity contribution is -0.0589. The molecule has 1 saturated heterocycles. The van der Waals surface area contributed by atoms with Crippen molar-refractivity contribution in [2.45, 2.75) is 32.1 Å². The van der Waals surface area contributed by atoms with E-state index in [-0.39, 0.29) is 53.1 Å². The second kappa shape index (κ2) is 13.2. The van der Waals surface area contributed by atoms with E-state index < -0.39 is 23.4 Å². The monoisotopic (exact) mass is 664 g/mol. The summed E-state index contributed by atoms with van der Waals surface area (Å²) in [6, 6.07) is 12.6. The van der Waals surface area contributed by atoms with E-state index in [1.165, 1.54) is 36.5 Å². The maximum atomic E-state index is 15.6. The van der Waals surface area contributed by atoms with Gasteiger partial charge in [0.25, 0.3) is 0 Å². The average Bonchev–Trinajstić information content (AvgIpc) is 3.64. The van der Waals surface area contributed by atoms with Gasteiger partial charge in [-0.25, -0.2) is 27.9 Å². The maximum absolute atomic E-state index is 15.6. The first-order valence-electron chi connectivity index (χ1n) is 15.3. The highest BCUT2D eigenvalue weighted by atomic mass is 19.1. The molecule has 0 saturated carbocycles. The fraction of sp³-hybridized carbons (Fsp3) is 0.194. The van der Waals surface area contributed by atoms with Crippen molar-refractivity contribution in [1.82, 2.24) is 29.3 Å². The first kappa shape index (κ1) is 31.6. The lowest BCUT2D eigenvalue weighted by Crippen LogP contribution is -2.31. The minimum Gasteiger partial charge on any atom is -0.478 e. The van der Waals surface area contributed by atoms with Crippen LogP contribution in [0.3, 0.4) is 0 Å². The van der Waals surface area contributed by atoms with Crippen molar-refractivity contribution >= 4 is 17.0 Å². The fourth-order valence-corrected chi connectivity index (χ4v) is 5.43. The van der Waals surface area contributed by atoms with Crippen LogP contribution in [0.2, 0.25) is 0 Å². The molecule has 1 N–H and O–H groups in total. The molecule has 13 heteroatoms. The minimum absolute atomic E-state index is 0.0229. The van der Waals surface area contributed by atoms with E-state index >= 15 is 8.78 Å². The van der Waals surface area contributed by atoms with Crippen LogP contribution in [0.5, 0.6) is 5.88 Å². The van der Waals surface area contributed by atoms with Gasteiger partial charge in [0.2, 0.25) is 5.88 Å². The Labute approximate surface area is 277 Å². The normalized spacial score (nSPS) is 13.9. The highest BCUT2D eigenvalue weighted by Crippen LogP contribution is 2.29. The van der Waals surface area contributed by atoms with Crippen LogP contribution in [-0.4, -0.2) is 53.1 Å². The Bertz CT molecular complexity index is 2290. The Morgan fingerprint density at radius 1 is 1.02 bits per heavy atom. The molecule has 5 heterocycles. The number of carbonyl (C=O) groups is 1. The predicted octanol–water partition coefficient (Wildman–Crippen LogP) is 5.70. The second-order valence-corrected chi connectivity index (χ2v) is 11.5. The van der Waals surface area contributed by atoms with E-state index in [0.29, 0.717) is 41.1 Å². The minimum atomic E-state index is -1.08. The third kappa shape index (κ3) is 6.86. The molecule has 7 rings (SSSR count). The van der Waals surface area contributed by atoms with Crippen LogP contribution in [-0.2, 0) is 31.4 Å². The number of rotatable bonds is 9. The highest BCUT2D eigenvalue weighted by Gasteiger charge is 2.24. The van der Waals surface area contributed by atoms with Gasteiger partial charge in [-0.15, -0.1) is 0 Å². The van der Waals surface area contributed by atoms with Gasteiger partial charge in [0.1, 0.15) is 35.6 Å². The highest BCUT2D eigenvalue weighted by molar-refractivity contribution is 5.92. The van der Waals surface area contributed by atoms with Gasteiger partial charge in [0.05, 0.1) is 46.7 Å². The molecule has 10 nitrogen and oxygen atoms in total. The van der Waals surface area contributed by atoms with E-state index in [9.17, 15) is 14.3 Å². The zero-order valence-corrected chi connectivity index (χ0v) is 26.0. The number of ether oxygens (including phenoxy) is 2. The summed E-state index contributed by atoms with van der Waals surface area (Å²) in [5, 5.41) is 13.5. The number of aromatic carboxylic acids is 1. The van der Waals surface area contributed by atoms with E-state index in [1.54, 1.807) is 40.8 Å². The number of imidazole rings is 1. The molecule has 1 fully saturated rings. The van der Waals surface area contributed by atoms with E-state index in [0.717, 1.165) is 18.6 Å². The summed E-state index contributed by atoms with van der Waals surface area (Å²) < 4.78 is 60.5. The smallest absolute Gasteiger partial charge is 0.335 e. The summed E-state index contributed by atoms with van der Waals surface area (Å²) in [5.41, 5.74) is 2.38. The quantitative estimate of drug-likeness (QED) is 0.196. The van der Waals surface area contributed by atoms with Crippen molar-refractivity contribution in [3.05, 3.63) is 124 Å². The van der Waals surface area contributed by atoms with Crippen LogP contribution >= 0.6 is 0 Å². The van der Waals surface area contributed by atoms with Gasteiger partial charge in [-0.2, -0.15) is 5.10 Å². The number of fused-ring (bicyclic) bond motifs is 1. The molecule has 0 radical (unpaired) electrons. The molecule has 2 aromatic carbocycles. The summed E-state index contributed by atoms with van der Waals surface area (Å²) in [6.45, 7) is 0.770. The van der Waals surface area contributed by atoms with Crippen molar-refractivity contribution in [3.63, 3.8) is 0 Å². The van der Waals surface area contributed by atoms with Gasteiger partial charge in [-0.1, -0.05) is 17.9 Å². The average molecular weight is 665 g/mol. The zero-order valence-electron chi connectivity index (χ0n) is 26.0. The van der Waals surface area contributed by atoms with Crippen LogP contribution in [0.25, 0.3) is 22.3 Å². The molecule has 1 atom stereocenters. The molecule has 0 bridgehead atoms. The van der Waals surface area contributed by atoms with E-state index in [4.69, 9.17) is 9.47 Å². The van der Waals surface area contributed by atoms with Crippen molar-refractivity contribution in [2.24, 2.45) is 7.05 Å². The zero-order chi connectivity index (χ0) is 34.1. The standard InChI is InChI=1S/C36H27F3N6O4/c1-44-18-22(17-41-44)6-5-21-11-29(39)32(40-16-21)20-49-35-4-2-3-30(43-35)26-15-27(37)24(12-28(26)38)14-34-42-31-8-7-23(36(46)47)13-33(31)45(34)19-25-9-10-48-25/h2-4,7-8,11-13,15-18,25H,9-10,14,19-20H2,1H3,(H,46,47)/t25-/m0/s1. The number of aromatic nitrogens is 6. The number of nitrogens with zero attached hydrogens (tertiary/aromatic N) is 6. The lowest BCUT2D eigenvalue weighted by atomic mass is 10.0. The molecule has 6 aromatic rings. The molecule has 0 aliphatic carbocycles. The third-order valence-electron chi connectivity index (χ3n) is 8.07. The second-order valence-electron chi connectivity index (χ2n) is 11.5. The summed E-state index contributed by atoms with van der Waals surface area (Å²) in [7, 11) is 1.77. The molecular formula is C36H27F3N6O4. The van der Waals surface area contributed by atoms with Crippen LogP contribution in [0, 0.1) is 29.3 Å². The molecule has 4 aromatic heterocycles.